The maximum atomic E-state index is 14.2. The summed E-state index contributed by atoms with van der Waals surface area (Å²) < 4.78 is 1.22. The van der Waals surface area contributed by atoms with Crippen LogP contribution in [0.5, 0.6) is 0 Å². The Balaban J connectivity index is 2.55. The third-order valence-electron chi connectivity index (χ3n) is 8.70. The predicted octanol–water partition coefficient (Wildman–Crippen LogP) is -0.0177. The van der Waals surface area contributed by atoms with Crippen molar-refractivity contribution in [2.45, 2.75) is 30.8 Å². The van der Waals surface area contributed by atoms with Gasteiger partial charge in [-0.1, -0.05) is 0 Å². The zero-order valence-electron chi connectivity index (χ0n) is 32.8. The number of rotatable bonds is 20. The molecule has 2 rings (SSSR count). The Labute approximate surface area is 432 Å². The lowest BCUT2D eigenvalue weighted by Gasteiger charge is -2.27. The van der Waals surface area contributed by atoms with Gasteiger partial charge in [0.15, 0.2) is 12.2 Å². The summed E-state index contributed by atoms with van der Waals surface area (Å²) in [6.07, 6.45) is -5.97. The number of nitrogens with one attached hydrogen (secondary N) is 2. The normalized spacial score (nSPS) is 13.1. The van der Waals surface area contributed by atoms with Gasteiger partial charge in [0.2, 0.25) is 0 Å². The van der Waals surface area contributed by atoms with E-state index in [-0.39, 0.29) is 87.6 Å². The molecule has 0 spiro atoms. The maximum absolute atomic E-state index is 14.2. The molecule has 2 aromatic carbocycles. The van der Waals surface area contributed by atoms with Crippen molar-refractivity contribution in [2.75, 3.05) is 91.4 Å². The summed E-state index contributed by atoms with van der Waals surface area (Å²) in [5, 5.41) is 82.3. The van der Waals surface area contributed by atoms with Crippen LogP contribution in [0.1, 0.15) is 47.9 Å². The summed E-state index contributed by atoms with van der Waals surface area (Å²) in [6, 6.07) is 0. The second-order valence-corrected chi connectivity index (χ2v) is 19.8. The number of aliphatic hydroxyl groups is 8. The topological polar surface area (TPSA) is 301 Å². The maximum Gasteiger partial charge on any atom is 0.255 e. The van der Waals surface area contributed by atoms with Gasteiger partial charge in [-0.25, -0.2) is 0 Å². The molecule has 0 fully saturated rings. The average Bonchev–Trinajstić information content (AvgIpc) is 3.22. The second kappa shape index (κ2) is 25.9. The van der Waals surface area contributed by atoms with E-state index in [1.54, 1.807) is 0 Å². The fourth-order valence-corrected chi connectivity index (χ4v) is 14.0. The van der Waals surface area contributed by atoms with Gasteiger partial charge in [0.1, 0.15) is 0 Å². The van der Waals surface area contributed by atoms with Crippen molar-refractivity contribution in [3.8, 4) is 0 Å². The summed E-state index contributed by atoms with van der Waals surface area (Å²) >= 11 is 10.9. The Morgan fingerprint density at radius 3 is 0.967 bits per heavy atom. The van der Waals surface area contributed by atoms with Gasteiger partial charge >= 0.3 is 0 Å². The number of halogens is 6. The molecule has 0 radical (unpaired) electrons. The minimum atomic E-state index is -1.82. The third kappa shape index (κ3) is 14.2. The van der Waals surface area contributed by atoms with Crippen LogP contribution in [0.25, 0.3) is 0 Å². The summed E-state index contributed by atoms with van der Waals surface area (Å²) in [7, 11) is 5.72. The molecule has 0 aliphatic rings. The van der Waals surface area contributed by atoms with E-state index in [2.05, 4.69) is 10.6 Å². The number of carbonyl (C=O) groups excluding carboxylic acids is 6. The van der Waals surface area contributed by atoms with Crippen molar-refractivity contribution < 1.29 is 69.6 Å². The summed E-state index contributed by atoms with van der Waals surface area (Å²) in [6.45, 7) is -3.47. The van der Waals surface area contributed by atoms with Crippen LogP contribution in [0.2, 0.25) is 0 Å². The van der Waals surface area contributed by atoms with Crippen molar-refractivity contribution in [1.82, 2.24) is 19.6 Å². The van der Waals surface area contributed by atoms with Gasteiger partial charge in [-0.05, 0) is 142 Å². The van der Waals surface area contributed by atoms with Gasteiger partial charge in [0.05, 0.1) is 86.5 Å². The number of likely N-dealkylation sites (N-methyl/N-ethyl adjacent to an activating group) is 2. The Hall–Kier alpha value is -0.680. The molecule has 26 heteroatoms. The largest absolute Gasteiger partial charge is 0.394 e. The first-order chi connectivity index (χ1) is 28.4. The number of hydrogen-bond donors (Lipinski definition) is 10. The first-order valence-corrected chi connectivity index (χ1v) is 24.1. The molecular weight excluding hydrogens is 1490 g/mol. The zero-order chi connectivity index (χ0) is 46.8. The van der Waals surface area contributed by atoms with Crippen molar-refractivity contribution in [3.05, 3.63) is 43.7 Å². The van der Waals surface area contributed by atoms with Gasteiger partial charge in [-0.3, -0.25) is 28.8 Å². The minimum absolute atomic E-state index is 0.0115. The molecule has 0 saturated heterocycles. The predicted molar refractivity (Wildman–Crippen MR) is 271 cm³/mol. The van der Waals surface area contributed by atoms with Crippen molar-refractivity contribution >= 4 is 182 Å². The molecule has 4 atom stereocenters. The molecule has 0 aliphatic carbocycles. The molecule has 0 aromatic heterocycles. The summed E-state index contributed by atoms with van der Waals surface area (Å²) in [5.74, 6) is -4.48. The van der Waals surface area contributed by atoms with E-state index in [1.165, 1.54) is 38.0 Å². The summed E-state index contributed by atoms with van der Waals surface area (Å²) in [4.78, 5) is 86.2. The Morgan fingerprint density at radius 1 is 0.459 bits per heavy atom. The summed E-state index contributed by atoms with van der Waals surface area (Å²) in [5.41, 5.74) is 0.0253. The number of hydrogen-bond acceptors (Lipinski definition) is 14. The highest BCUT2D eigenvalue weighted by molar-refractivity contribution is 14.1. The van der Waals surface area contributed by atoms with Gasteiger partial charge in [0.25, 0.3) is 35.4 Å². The number of anilines is 2. The molecule has 4 unspecified atom stereocenters. The fraction of sp³-hybridized carbons (Fsp3) is 0.486. The molecule has 0 heterocycles. The number of amides is 6. The van der Waals surface area contributed by atoms with E-state index < -0.39 is 86.3 Å². The molecule has 0 saturated carbocycles. The second-order valence-electron chi connectivity index (χ2n) is 13.4. The van der Waals surface area contributed by atoms with E-state index in [4.69, 9.17) is 0 Å². The van der Waals surface area contributed by atoms with Crippen LogP contribution >= 0.6 is 136 Å². The molecule has 2 aromatic rings. The van der Waals surface area contributed by atoms with Gasteiger partial charge in [-0.2, -0.15) is 0 Å². The van der Waals surface area contributed by atoms with E-state index in [0.29, 0.717) is 0 Å². The van der Waals surface area contributed by atoms with Crippen LogP contribution in [-0.2, 0) is 9.59 Å². The van der Waals surface area contributed by atoms with Gasteiger partial charge < -0.3 is 71.1 Å². The molecule has 0 aliphatic heterocycles. The molecule has 340 valence electrons. The highest BCUT2D eigenvalue weighted by atomic mass is 127. The Bertz CT molecular complexity index is 1860. The van der Waals surface area contributed by atoms with Crippen molar-refractivity contribution in [2.24, 2.45) is 0 Å². The highest BCUT2D eigenvalue weighted by Gasteiger charge is 2.34. The molecular formula is C35H44I6N6O14. The van der Waals surface area contributed by atoms with E-state index in [1.807, 2.05) is 136 Å². The highest BCUT2D eigenvalue weighted by Crippen LogP contribution is 2.39. The molecule has 10 N–H and O–H groups in total. The lowest BCUT2D eigenvalue weighted by molar-refractivity contribution is -0.126. The molecule has 6 amide bonds. The quantitative estimate of drug-likeness (QED) is 0.0781. The number of benzene rings is 2. The average molecular weight is 1530 g/mol. The third-order valence-corrected chi connectivity index (χ3v) is 15.2. The Morgan fingerprint density at radius 2 is 0.721 bits per heavy atom. The fourth-order valence-electron chi connectivity index (χ4n) is 5.30. The monoisotopic (exact) mass is 1530 g/mol. The lowest BCUT2D eigenvalue weighted by Crippen LogP contribution is -2.38. The number of aliphatic hydroxyl groups excluding tert-OH is 8. The standard InChI is InChI=1S/C35H44I6N6O14/c1-44(32(58)18-22(36)20(34(60)46(3)8-14(52)10-48)26(40)28(24(18)38)42-30(56)16(54)12-50)6-5-7-45(2)33(59)19-23(37)21(35(61)47(4)9-15(53)11-49)27(41)29(25(19)39)43-31(57)17(55)13-51/h14-17,48-55H,5-13H2,1-4H3,(H,42,56)(H,43,57). The molecule has 0 bridgehead atoms. The minimum Gasteiger partial charge on any atom is -0.394 e. The first-order valence-electron chi connectivity index (χ1n) is 17.6. The van der Waals surface area contributed by atoms with Gasteiger partial charge in [-0.15, -0.1) is 0 Å². The molecule has 61 heavy (non-hydrogen) atoms. The van der Waals surface area contributed by atoms with E-state index >= 15 is 0 Å². The van der Waals surface area contributed by atoms with Gasteiger partial charge in [0, 0.05) is 61.5 Å². The van der Waals surface area contributed by atoms with Crippen LogP contribution in [0.3, 0.4) is 0 Å². The van der Waals surface area contributed by atoms with Crippen LogP contribution in [0, 0.1) is 21.4 Å². The van der Waals surface area contributed by atoms with Crippen molar-refractivity contribution in [3.63, 3.8) is 0 Å². The zero-order valence-corrected chi connectivity index (χ0v) is 45.7. The van der Waals surface area contributed by atoms with E-state index in [9.17, 15) is 69.6 Å². The lowest BCUT2D eigenvalue weighted by atomic mass is 10.1. The van der Waals surface area contributed by atoms with Crippen molar-refractivity contribution in [1.29, 1.82) is 0 Å². The first kappa shape index (κ1) is 56.4. The van der Waals surface area contributed by atoms with E-state index in [0.717, 1.165) is 9.80 Å². The molecule has 20 nitrogen and oxygen atoms in total. The van der Waals surface area contributed by atoms with Crippen LogP contribution in [0.4, 0.5) is 11.4 Å². The van der Waals surface area contributed by atoms with Crippen LogP contribution in [0.15, 0.2) is 0 Å². The Kier molecular flexibility index (Phi) is 23.9. The number of nitrogens with zero attached hydrogens (tertiary/aromatic N) is 4. The van der Waals surface area contributed by atoms with Crippen LogP contribution in [-0.4, -0.2) is 201 Å². The number of carbonyl (C=O) groups is 6. The SMILES string of the molecule is CN(CCCN(C)C(=O)c1c(I)c(NC(=O)C(O)CO)c(I)c(C(=O)N(C)CC(O)CO)c1I)C(=O)c1c(I)c(NC(=O)C(O)CO)c(I)c(C(=O)N(C)CC(O)CO)c1I. The van der Waals surface area contributed by atoms with Crippen LogP contribution < -0.4 is 10.6 Å². The smallest absolute Gasteiger partial charge is 0.255 e.